The number of carbonyl (C=O) groups is 2. The largest absolute Gasteiger partial charge is 0.349 e. The van der Waals surface area contributed by atoms with Gasteiger partial charge in [-0.05, 0) is 23.6 Å². The monoisotopic (exact) mass is 380 g/mol. The van der Waals surface area contributed by atoms with Gasteiger partial charge in [-0.1, -0.05) is 48.5 Å². The lowest BCUT2D eigenvalue weighted by Gasteiger charge is -2.18. The molecule has 0 bridgehead atoms. The van der Waals surface area contributed by atoms with Crippen molar-refractivity contribution in [2.75, 3.05) is 32.5 Å². The Morgan fingerprint density at radius 3 is 2.54 bits per heavy atom. The fourth-order valence-corrected chi connectivity index (χ4v) is 3.40. The fourth-order valence-electron chi connectivity index (χ4n) is 3.40. The molecule has 28 heavy (non-hydrogen) atoms. The Kier molecular flexibility index (Phi) is 6.66. The Balaban J connectivity index is 1.52. The number of nitrogens with zero attached hydrogens (tertiary/aromatic N) is 2. The van der Waals surface area contributed by atoms with E-state index >= 15 is 0 Å². The van der Waals surface area contributed by atoms with Crippen LogP contribution in [-0.4, -0.2) is 55.0 Å². The number of carbonyl (C=O) groups excluding carboxylic acids is 2. The number of nitrogens with one attached hydrogen (secondary N) is 2. The second-order valence-electron chi connectivity index (χ2n) is 7.43. The van der Waals surface area contributed by atoms with E-state index in [0.717, 1.165) is 31.6 Å². The van der Waals surface area contributed by atoms with Crippen molar-refractivity contribution in [3.8, 4) is 0 Å². The number of para-hydroxylation sites is 1. The van der Waals surface area contributed by atoms with Gasteiger partial charge in [0, 0.05) is 45.5 Å². The summed E-state index contributed by atoms with van der Waals surface area (Å²) in [5.74, 6) is 0.00186. The normalized spacial score (nSPS) is 16.6. The molecule has 1 heterocycles. The van der Waals surface area contributed by atoms with Crippen molar-refractivity contribution in [1.82, 2.24) is 15.1 Å². The molecular formula is C22H28N4O2. The number of amides is 3. The molecule has 0 radical (unpaired) electrons. The van der Waals surface area contributed by atoms with E-state index in [1.165, 1.54) is 5.56 Å². The van der Waals surface area contributed by atoms with Gasteiger partial charge in [0.05, 0.1) is 6.42 Å². The summed E-state index contributed by atoms with van der Waals surface area (Å²) in [6.07, 6.45) is 1.19. The first-order valence-corrected chi connectivity index (χ1v) is 9.63. The van der Waals surface area contributed by atoms with Crippen LogP contribution in [-0.2, 0) is 17.8 Å². The third-order valence-corrected chi connectivity index (χ3v) is 4.96. The highest BCUT2D eigenvalue weighted by molar-refractivity contribution is 5.91. The Hall–Kier alpha value is -2.86. The van der Waals surface area contributed by atoms with Crippen molar-refractivity contribution in [2.24, 2.45) is 0 Å². The predicted octanol–water partition coefficient (Wildman–Crippen LogP) is 2.71. The first kappa shape index (κ1) is 19.9. The van der Waals surface area contributed by atoms with Gasteiger partial charge in [-0.2, -0.15) is 0 Å². The molecule has 6 nitrogen and oxygen atoms in total. The molecule has 0 aliphatic carbocycles. The number of benzene rings is 2. The van der Waals surface area contributed by atoms with E-state index in [4.69, 9.17) is 0 Å². The van der Waals surface area contributed by atoms with Gasteiger partial charge in [-0.3, -0.25) is 9.69 Å². The van der Waals surface area contributed by atoms with E-state index in [1.807, 2.05) is 42.5 Å². The van der Waals surface area contributed by atoms with Gasteiger partial charge >= 0.3 is 6.03 Å². The molecule has 148 valence electrons. The molecule has 1 aliphatic rings. The van der Waals surface area contributed by atoms with Crippen molar-refractivity contribution in [2.45, 2.75) is 25.4 Å². The number of urea groups is 1. The summed E-state index contributed by atoms with van der Waals surface area (Å²) in [5.41, 5.74) is 2.77. The van der Waals surface area contributed by atoms with Crippen LogP contribution >= 0.6 is 0 Å². The number of likely N-dealkylation sites (N-methyl/N-ethyl adjacent to an activating group) is 1. The van der Waals surface area contributed by atoms with Crippen LogP contribution in [0.25, 0.3) is 0 Å². The summed E-state index contributed by atoms with van der Waals surface area (Å²) in [5, 5.41) is 5.97. The topological polar surface area (TPSA) is 64.7 Å². The Labute approximate surface area is 166 Å². The highest BCUT2D eigenvalue weighted by Gasteiger charge is 2.24. The van der Waals surface area contributed by atoms with Crippen LogP contribution in [0, 0.1) is 0 Å². The second kappa shape index (κ2) is 9.37. The van der Waals surface area contributed by atoms with E-state index in [-0.39, 0.29) is 24.4 Å². The Bertz CT molecular complexity index is 807. The van der Waals surface area contributed by atoms with Crippen LogP contribution in [0.4, 0.5) is 10.5 Å². The SMILES string of the molecule is CN(C)C(=O)Cc1ccccc1NC(=O)NC1CCN(Cc2ccccc2)C1. The molecule has 3 amide bonds. The maximum atomic E-state index is 12.5. The summed E-state index contributed by atoms with van der Waals surface area (Å²) in [7, 11) is 3.46. The second-order valence-corrected chi connectivity index (χ2v) is 7.43. The molecule has 1 fully saturated rings. The average Bonchev–Trinajstić information content (AvgIpc) is 3.10. The minimum Gasteiger partial charge on any atom is -0.349 e. The Morgan fingerprint density at radius 1 is 1.07 bits per heavy atom. The van der Waals surface area contributed by atoms with Crippen molar-refractivity contribution in [3.05, 3.63) is 65.7 Å². The molecular weight excluding hydrogens is 352 g/mol. The lowest BCUT2D eigenvalue weighted by molar-refractivity contribution is -0.127. The molecule has 2 aromatic carbocycles. The van der Waals surface area contributed by atoms with Crippen molar-refractivity contribution < 1.29 is 9.59 Å². The van der Waals surface area contributed by atoms with E-state index in [9.17, 15) is 9.59 Å². The smallest absolute Gasteiger partial charge is 0.319 e. The van der Waals surface area contributed by atoms with Gasteiger partial charge in [0.25, 0.3) is 0 Å². The molecule has 1 aliphatic heterocycles. The third kappa shape index (κ3) is 5.57. The van der Waals surface area contributed by atoms with Gasteiger partial charge in [0.2, 0.25) is 5.91 Å². The Morgan fingerprint density at radius 2 is 1.79 bits per heavy atom. The summed E-state index contributed by atoms with van der Waals surface area (Å²) in [6.45, 7) is 2.70. The van der Waals surface area contributed by atoms with Crippen molar-refractivity contribution >= 4 is 17.6 Å². The maximum Gasteiger partial charge on any atom is 0.319 e. The molecule has 0 aromatic heterocycles. The zero-order valence-corrected chi connectivity index (χ0v) is 16.5. The standard InChI is InChI=1S/C22H28N4O2/c1-25(2)21(27)14-18-10-6-7-11-20(18)24-22(28)23-19-12-13-26(16-19)15-17-8-4-3-5-9-17/h3-11,19H,12-16H2,1-2H3,(H2,23,24,28). The molecule has 3 rings (SSSR count). The van der Waals surface area contributed by atoms with Crippen LogP contribution in [0.1, 0.15) is 17.5 Å². The first-order valence-electron chi connectivity index (χ1n) is 9.63. The number of anilines is 1. The molecule has 0 saturated carbocycles. The molecule has 0 spiro atoms. The van der Waals surface area contributed by atoms with Crippen LogP contribution in [0.2, 0.25) is 0 Å². The summed E-state index contributed by atoms with van der Waals surface area (Å²) >= 11 is 0. The van der Waals surface area contributed by atoms with Crippen LogP contribution in [0.3, 0.4) is 0 Å². The number of hydrogen-bond donors (Lipinski definition) is 2. The van der Waals surface area contributed by atoms with Gasteiger partial charge < -0.3 is 15.5 Å². The van der Waals surface area contributed by atoms with Gasteiger partial charge in [0.15, 0.2) is 0 Å². The van der Waals surface area contributed by atoms with E-state index in [1.54, 1.807) is 19.0 Å². The minimum absolute atomic E-state index is 0.00186. The molecule has 6 heteroatoms. The number of likely N-dealkylation sites (tertiary alicyclic amines) is 1. The van der Waals surface area contributed by atoms with E-state index in [0.29, 0.717) is 5.69 Å². The van der Waals surface area contributed by atoms with Gasteiger partial charge in [0.1, 0.15) is 0 Å². The summed E-state index contributed by atoms with van der Waals surface area (Å²) < 4.78 is 0. The van der Waals surface area contributed by atoms with Gasteiger partial charge in [-0.25, -0.2) is 4.79 Å². The summed E-state index contributed by atoms with van der Waals surface area (Å²) in [4.78, 5) is 28.4. The van der Waals surface area contributed by atoms with Gasteiger partial charge in [-0.15, -0.1) is 0 Å². The quantitative estimate of drug-likeness (QED) is 0.810. The fraction of sp³-hybridized carbons (Fsp3) is 0.364. The van der Waals surface area contributed by atoms with E-state index in [2.05, 4.69) is 27.7 Å². The predicted molar refractivity (Wildman–Crippen MR) is 111 cm³/mol. The maximum absolute atomic E-state index is 12.5. The molecule has 1 atom stereocenters. The van der Waals surface area contributed by atoms with Crippen LogP contribution < -0.4 is 10.6 Å². The van der Waals surface area contributed by atoms with Crippen LogP contribution in [0.15, 0.2) is 54.6 Å². The third-order valence-electron chi connectivity index (χ3n) is 4.96. The van der Waals surface area contributed by atoms with Crippen LogP contribution in [0.5, 0.6) is 0 Å². The number of rotatable bonds is 6. The summed E-state index contributed by atoms with van der Waals surface area (Å²) in [6, 6.07) is 17.7. The van der Waals surface area contributed by atoms with Crippen molar-refractivity contribution in [3.63, 3.8) is 0 Å². The molecule has 2 aromatic rings. The molecule has 1 saturated heterocycles. The lowest BCUT2D eigenvalue weighted by atomic mass is 10.1. The first-order chi connectivity index (χ1) is 13.5. The zero-order valence-electron chi connectivity index (χ0n) is 16.5. The zero-order chi connectivity index (χ0) is 19.9. The van der Waals surface area contributed by atoms with E-state index < -0.39 is 0 Å². The lowest BCUT2D eigenvalue weighted by Crippen LogP contribution is -2.39. The average molecular weight is 380 g/mol. The molecule has 1 unspecified atom stereocenters. The van der Waals surface area contributed by atoms with Crippen molar-refractivity contribution in [1.29, 1.82) is 0 Å². The molecule has 2 N–H and O–H groups in total. The highest BCUT2D eigenvalue weighted by Crippen LogP contribution is 2.17. The highest BCUT2D eigenvalue weighted by atomic mass is 16.2. The minimum atomic E-state index is -0.226. The number of hydrogen-bond acceptors (Lipinski definition) is 3.